The number of amides is 4. The number of hydrogen-bond donors (Lipinski definition) is 2. The van der Waals surface area contributed by atoms with Gasteiger partial charge in [-0.3, -0.25) is 19.2 Å². The highest BCUT2D eigenvalue weighted by molar-refractivity contribution is 5.97. The van der Waals surface area contributed by atoms with Crippen LogP contribution in [0.25, 0.3) is 0 Å². The number of carbonyl (C=O) groups excluding carboxylic acids is 4. The summed E-state index contributed by atoms with van der Waals surface area (Å²) in [7, 11) is 0. The zero-order valence-corrected chi connectivity index (χ0v) is 23.9. The molecule has 2 aromatic carbocycles. The van der Waals surface area contributed by atoms with E-state index >= 15 is 0 Å². The normalized spacial score (nSPS) is 10.6. The average molecular weight is 537 g/mol. The van der Waals surface area contributed by atoms with Crippen LogP contribution in [0.4, 0.5) is 11.4 Å². The van der Waals surface area contributed by atoms with Crippen LogP contribution in [0.5, 0.6) is 0 Å². The molecule has 0 saturated heterocycles. The fourth-order valence-corrected chi connectivity index (χ4v) is 4.32. The van der Waals surface area contributed by atoms with Gasteiger partial charge < -0.3 is 20.4 Å². The molecule has 0 radical (unpaired) electrons. The lowest BCUT2D eigenvalue weighted by Gasteiger charge is -2.21. The van der Waals surface area contributed by atoms with Crippen LogP contribution in [0, 0.1) is 0 Å². The largest absolute Gasteiger partial charge is 0.339 e. The highest BCUT2D eigenvalue weighted by Crippen LogP contribution is 2.15. The number of rotatable bonds is 16. The lowest BCUT2D eigenvalue weighted by Crippen LogP contribution is -2.32. The van der Waals surface area contributed by atoms with E-state index in [1.54, 1.807) is 48.5 Å². The predicted octanol–water partition coefficient (Wildman–Crippen LogP) is 5.96. The van der Waals surface area contributed by atoms with E-state index in [0.717, 1.165) is 51.9 Å². The zero-order valence-electron chi connectivity index (χ0n) is 23.9. The Morgan fingerprint density at radius 3 is 1.13 bits per heavy atom. The van der Waals surface area contributed by atoms with E-state index in [1.165, 1.54) is 0 Å². The molecule has 0 aliphatic heterocycles. The van der Waals surface area contributed by atoms with Crippen molar-refractivity contribution in [3.8, 4) is 0 Å². The Morgan fingerprint density at radius 2 is 0.846 bits per heavy atom. The molecule has 0 aliphatic rings. The van der Waals surface area contributed by atoms with Gasteiger partial charge in [0.15, 0.2) is 0 Å². The molecule has 0 atom stereocenters. The van der Waals surface area contributed by atoms with E-state index in [4.69, 9.17) is 0 Å². The number of anilines is 2. The van der Waals surface area contributed by atoms with Gasteiger partial charge in [-0.15, -0.1) is 0 Å². The Balaban J connectivity index is 1.78. The Morgan fingerprint density at radius 1 is 0.538 bits per heavy atom. The number of hydrogen-bond acceptors (Lipinski definition) is 4. The van der Waals surface area contributed by atoms with Crippen molar-refractivity contribution in [2.75, 3.05) is 36.8 Å². The molecular weight excluding hydrogens is 492 g/mol. The molecule has 0 unspecified atom stereocenters. The summed E-state index contributed by atoms with van der Waals surface area (Å²) < 4.78 is 0. The van der Waals surface area contributed by atoms with Crippen LogP contribution in [-0.2, 0) is 9.59 Å². The first-order chi connectivity index (χ1) is 18.8. The van der Waals surface area contributed by atoms with Gasteiger partial charge in [0.2, 0.25) is 11.8 Å². The molecule has 0 spiro atoms. The fourth-order valence-electron chi connectivity index (χ4n) is 4.32. The number of carbonyl (C=O) groups is 4. The predicted molar refractivity (Wildman–Crippen MR) is 157 cm³/mol. The molecule has 8 heteroatoms. The van der Waals surface area contributed by atoms with Gasteiger partial charge in [0.25, 0.3) is 11.8 Å². The molecule has 0 saturated carbocycles. The van der Waals surface area contributed by atoms with E-state index in [-0.39, 0.29) is 36.5 Å². The first-order valence-corrected chi connectivity index (χ1v) is 14.2. The molecule has 8 nitrogen and oxygen atoms in total. The lowest BCUT2D eigenvalue weighted by atomic mass is 10.1. The van der Waals surface area contributed by atoms with Crippen LogP contribution in [0.3, 0.4) is 0 Å². The van der Waals surface area contributed by atoms with Crippen LogP contribution in [0.2, 0.25) is 0 Å². The zero-order chi connectivity index (χ0) is 28.6. The molecular formula is C31H44N4O4. The Labute approximate surface area is 233 Å². The SMILES string of the molecule is CCCN(CCC)C(=O)c1ccc(NC(=O)CCCC(=O)Nc2ccc(C(=O)N(CCC)CCC)cc2)cc1. The van der Waals surface area contributed by atoms with Gasteiger partial charge in [0.05, 0.1) is 0 Å². The summed E-state index contributed by atoms with van der Waals surface area (Å²) in [6.45, 7) is 11.1. The van der Waals surface area contributed by atoms with Gasteiger partial charge in [-0.2, -0.15) is 0 Å². The molecule has 0 heterocycles. The van der Waals surface area contributed by atoms with Gasteiger partial charge in [-0.05, 0) is 80.6 Å². The minimum Gasteiger partial charge on any atom is -0.339 e. The molecule has 2 rings (SSSR count). The third-order valence-electron chi connectivity index (χ3n) is 6.19. The summed E-state index contributed by atoms with van der Waals surface area (Å²) in [5, 5.41) is 5.65. The van der Waals surface area contributed by atoms with Gasteiger partial charge in [0, 0.05) is 61.5 Å². The molecule has 2 N–H and O–H groups in total. The molecule has 2 aromatic rings. The molecule has 212 valence electrons. The first kappa shape index (κ1) is 31.5. The number of benzene rings is 2. The second-order valence-electron chi connectivity index (χ2n) is 9.69. The number of nitrogens with one attached hydrogen (secondary N) is 2. The van der Waals surface area contributed by atoms with Gasteiger partial charge >= 0.3 is 0 Å². The second kappa shape index (κ2) is 17.0. The van der Waals surface area contributed by atoms with Gasteiger partial charge in [-0.25, -0.2) is 0 Å². The highest BCUT2D eigenvalue weighted by atomic mass is 16.2. The van der Waals surface area contributed by atoms with E-state index in [9.17, 15) is 19.2 Å². The monoisotopic (exact) mass is 536 g/mol. The topological polar surface area (TPSA) is 98.8 Å². The Hall–Kier alpha value is -3.68. The second-order valence-corrected chi connectivity index (χ2v) is 9.69. The molecule has 0 aliphatic carbocycles. The van der Waals surface area contributed by atoms with E-state index in [2.05, 4.69) is 38.3 Å². The summed E-state index contributed by atoms with van der Waals surface area (Å²) in [6.07, 6.45) is 4.42. The summed E-state index contributed by atoms with van der Waals surface area (Å²) in [5.41, 5.74) is 2.43. The quantitative estimate of drug-likeness (QED) is 0.277. The molecule has 4 amide bonds. The van der Waals surface area contributed by atoms with Crippen LogP contribution >= 0.6 is 0 Å². The van der Waals surface area contributed by atoms with Crippen molar-refractivity contribution >= 4 is 35.0 Å². The molecule has 0 aromatic heterocycles. The molecule has 0 bridgehead atoms. The minimum atomic E-state index is -0.188. The van der Waals surface area contributed by atoms with Crippen LogP contribution in [0.15, 0.2) is 48.5 Å². The standard InChI is InChI=1S/C31H44N4O4/c1-5-20-34(21-6-2)30(38)24-12-16-26(17-13-24)32-28(36)10-9-11-29(37)33-27-18-14-25(15-19-27)31(39)35(22-7-3)23-8-4/h12-19H,5-11,20-23H2,1-4H3,(H,32,36)(H,33,37). The van der Waals surface area contributed by atoms with E-state index in [1.807, 2.05) is 9.80 Å². The maximum absolute atomic E-state index is 12.7. The van der Waals surface area contributed by atoms with Crippen molar-refractivity contribution < 1.29 is 19.2 Å². The van der Waals surface area contributed by atoms with E-state index in [0.29, 0.717) is 28.9 Å². The van der Waals surface area contributed by atoms with Crippen molar-refractivity contribution in [1.29, 1.82) is 0 Å². The third kappa shape index (κ3) is 10.5. The molecule has 39 heavy (non-hydrogen) atoms. The Kier molecular flexibility index (Phi) is 13.8. The van der Waals surface area contributed by atoms with Crippen LogP contribution in [-0.4, -0.2) is 59.6 Å². The Bertz CT molecular complexity index is 970. The summed E-state index contributed by atoms with van der Waals surface area (Å²) in [5.74, 6) is -0.378. The maximum Gasteiger partial charge on any atom is 0.253 e. The van der Waals surface area contributed by atoms with Gasteiger partial charge in [0.1, 0.15) is 0 Å². The van der Waals surface area contributed by atoms with Crippen molar-refractivity contribution in [1.82, 2.24) is 9.80 Å². The third-order valence-corrected chi connectivity index (χ3v) is 6.19. The van der Waals surface area contributed by atoms with Gasteiger partial charge in [-0.1, -0.05) is 27.7 Å². The summed E-state index contributed by atoms with van der Waals surface area (Å²) >= 11 is 0. The van der Waals surface area contributed by atoms with Crippen molar-refractivity contribution in [3.63, 3.8) is 0 Å². The van der Waals surface area contributed by atoms with Crippen LogP contribution in [0.1, 0.15) is 93.4 Å². The average Bonchev–Trinajstić information content (AvgIpc) is 2.93. The van der Waals surface area contributed by atoms with Crippen molar-refractivity contribution in [2.24, 2.45) is 0 Å². The lowest BCUT2D eigenvalue weighted by molar-refractivity contribution is -0.117. The number of nitrogens with zero attached hydrogens (tertiary/aromatic N) is 2. The van der Waals surface area contributed by atoms with Crippen molar-refractivity contribution in [2.45, 2.75) is 72.6 Å². The molecule has 0 fully saturated rings. The first-order valence-electron chi connectivity index (χ1n) is 14.2. The van der Waals surface area contributed by atoms with Crippen LogP contribution < -0.4 is 10.6 Å². The summed E-state index contributed by atoms with van der Waals surface area (Å²) in [6, 6.07) is 13.8. The smallest absolute Gasteiger partial charge is 0.253 e. The van der Waals surface area contributed by atoms with E-state index < -0.39 is 0 Å². The highest BCUT2D eigenvalue weighted by Gasteiger charge is 2.16. The van der Waals surface area contributed by atoms with Crippen molar-refractivity contribution in [3.05, 3.63) is 59.7 Å². The maximum atomic E-state index is 12.7. The fraction of sp³-hybridized carbons (Fsp3) is 0.484. The minimum absolute atomic E-state index is 0.00112. The summed E-state index contributed by atoms with van der Waals surface area (Å²) in [4.78, 5) is 53.8.